The highest BCUT2D eigenvalue weighted by Gasteiger charge is 2.35. The van der Waals surface area contributed by atoms with Crippen LogP contribution >= 0.6 is 0 Å². The molecule has 0 fully saturated rings. The van der Waals surface area contributed by atoms with Gasteiger partial charge in [-0.25, -0.2) is 0 Å². The van der Waals surface area contributed by atoms with E-state index in [1.165, 1.54) is 12.1 Å². The molecule has 3 aromatic rings. The van der Waals surface area contributed by atoms with Crippen LogP contribution in [0, 0.1) is 0 Å². The average Bonchev–Trinajstić information content (AvgIpc) is 2.82. The summed E-state index contributed by atoms with van der Waals surface area (Å²) in [5.41, 5.74) is 3.81. The smallest absolute Gasteiger partial charge is 0.384 e. The molecule has 7 heteroatoms. The fourth-order valence-electron chi connectivity index (χ4n) is 4.10. The largest absolute Gasteiger partial charge is 0.416 e. The number of nitrogens with zero attached hydrogens (tertiary/aromatic N) is 1. The fraction of sp³-hybridized carbons (Fsp3) is 0.269. The lowest BCUT2D eigenvalue weighted by Gasteiger charge is -2.30. The van der Waals surface area contributed by atoms with Gasteiger partial charge in [0.15, 0.2) is 0 Å². The molecular formula is C26H27F3N4. The van der Waals surface area contributed by atoms with Gasteiger partial charge in [0.05, 0.1) is 29.0 Å². The highest BCUT2D eigenvalue weighted by atomic mass is 19.4. The fourth-order valence-corrected chi connectivity index (χ4v) is 4.10. The van der Waals surface area contributed by atoms with Crippen LogP contribution in [0.1, 0.15) is 54.7 Å². The predicted octanol–water partition coefficient (Wildman–Crippen LogP) is 6.78. The summed E-state index contributed by atoms with van der Waals surface area (Å²) in [6, 6.07) is 16.4. The van der Waals surface area contributed by atoms with Crippen LogP contribution in [-0.2, 0) is 6.18 Å². The van der Waals surface area contributed by atoms with Crippen molar-refractivity contribution in [3.8, 4) is 0 Å². The van der Waals surface area contributed by atoms with Gasteiger partial charge in [0.1, 0.15) is 0 Å². The van der Waals surface area contributed by atoms with E-state index in [-0.39, 0.29) is 11.6 Å². The van der Waals surface area contributed by atoms with E-state index in [2.05, 4.69) is 27.9 Å². The van der Waals surface area contributed by atoms with Crippen LogP contribution in [0.4, 0.5) is 24.5 Å². The number of anilines is 2. The molecule has 0 amide bonds. The van der Waals surface area contributed by atoms with Gasteiger partial charge in [0.2, 0.25) is 0 Å². The first-order valence-corrected chi connectivity index (χ1v) is 11.1. The van der Waals surface area contributed by atoms with Gasteiger partial charge >= 0.3 is 6.18 Å². The number of hydrogen-bond donors (Lipinski definition) is 3. The second kappa shape index (κ2) is 9.57. The number of para-hydroxylation sites is 1. The monoisotopic (exact) mass is 452 g/mol. The minimum atomic E-state index is -4.43. The summed E-state index contributed by atoms with van der Waals surface area (Å²) in [5, 5.41) is 10.2. The molecule has 1 aliphatic rings. The molecule has 2 aromatic carbocycles. The quantitative estimate of drug-likeness (QED) is 0.370. The maximum Gasteiger partial charge on any atom is 0.416 e. The van der Waals surface area contributed by atoms with Gasteiger partial charge in [-0.05, 0) is 49.2 Å². The molecule has 4 rings (SSSR count). The number of pyridine rings is 1. The SMILES string of the molecule is CCCNc1cccnc1C(C)NC1=CC(c2ccccc2C(F)(F)F)Nc2ccccc21. The van der Waals surface area contributed by atoms with E-state index in [0.29, 0.717) is 0 Å². The molecule has 1 aromatic heterocycles. The molecular weight excluding hydrogens is 425 g/mol. The molecule has 0 bridgehead atoms. The summed E-state index contributed by atoms with van der Waals surface area (Å²) in [6.45, 7) is 4.93. The molecule has 2 heterocycles. The maximum atomic E-state index is 13.7. The zero-order valence-electron chi connectivity index (χ0n) is 18.6. The lowest BCUT2D eigenvalue weighted by molar-refractivity contribution is -0.138. The molecule has 0 saturated carbocycles. The van der Waals surface area contributed by atoms with Crippen LogP contribution in [0.25, 0.3) is 5.70 Å². The van der Waals surface area contributed by atoms with E-state index in [9.17, 15) is 13.2 Å². The molecule has 2 atom stereocenters. The Morgan fingerprint density at radius 2 is 1.79 bits per heavy atom. The van der Waals surface area contributed by atoms with E-state index >= 15 is 0 Å². The second-order valence-electron chi connectivity index (χ2n) is 8.06. The van der Waals surface area contributed by atoms with Gasteiger partial charge in [-0.3, -0.25) is 4.98 Å². The van der Waals surface area contributed by atoms with E-state index in [4.69, 9.17) is 0 Å². The zero-order chi connectivity index (χ0) is 23.4. The summed E-state index contributed by atoms with van der Waals surface area (Å²) < 4.78 is 41.1. The van der Waals surface area contributed by atoms with E-state index in [1.807, 2.05) is 49.4 Å². The predicted molar refractivity (Wildman–Crippen MR) is 127 cm³/mol. The lowest BCUT2D eigenvalue weighted by atomic mass is 9.93. The zero-order valence-corrected chi connectivity index (χ0v) is 18.6. The van der Waals surface area contributed by atoms with Crippen LogP contribution in [0.3, 0.4) is 0 Å². The van der Waals surface area contributed by atoms with Gasteiger partial charge in [0, 0.05) is 29.7 Å². The first-order chi connectivity index (χ1) is 15.9. The van der Waals surface area contributed by atoms with Crippen molar-refractivity contribution in [1.82, 2.24) is 10.3 Å². The summed E-state index contributed by atoms with van der Waals surface area (Å²) in [7, 11) is 0. The first-order valence-electron chi connectivity index (χ1n) is 11.1. The Kier molecular flexibility index (Phi) is 6.58. The third kappa shape index (κ3) is 4.97. The third-order valence-electron chi connectivity index (χ3n) is 5.65. The van der Waals surface area contributed by atoms with Gasteiger partial charge in [0.25, 0.3) is 0 Å². The molecule has 2 unspecified atom stereocenters. The molecule has 0 radical (unpaired) electrons. The van der Waals surface area contributed by atoms with Gasteiger partial charge in [-0.1, -0.05) is 43.3 Å². The van der Waals surface area contributed by atoms with Crippen LogP contribution < -0.4 is 16.0 Å². The van der Waals surface area contributed by atoms with Crippen molar-refractivity contribution in [2.24, 2.45) is 0 Å². The Morgan fingerprint density at radius 1 is 1.03 bits per heavy atom. The minimum absolute atomic E-state index is 0.165. The van der Waals surface area contributed by atoms with Gasteiger partial charge < -0.3 is 16.0 Å². The van der Waals surface area contributed by atoms with Crippen molar-refractivity contribution in [2.45, 2.75) is 38.5 Å². The minimum Gasteiger partial charge on any atom is -0.384 e. The molecule has 4 nitrogen and oxygen atoms in total. The summed E-state index contributed by atoms with van der Waals surface area (Å²) in [6.07, 6.45) is 0.127. The Balaban J connectivity index is 1.71. The number of alkyl halides is 3. The number of aromatic nitrogens is 1. The van der Waals surface area contributed by atoms with Crippen LogP contribution in [-0.4, -0.2) is 11.5 Å². The normalized spacial score (nSPS) is 16.3. The molecule has 33 heavy (non-hydrogen) atoms. The maximum absolute atomic E-state index is 13.7. The van der Waals surface area contributed by atoms with Crippen molar-refractivity contribution < 1.29 is 13.2 Å². The van der Waals surface area contributed by atoms with Crippen molar-refractivity contribution in [1.29, 1.82) is 0 Å². The number of nitrogens with one attached hydrogen (secondary N) is 3. The molecule has 172 valence electrons. The topological polar surface area (TPSA) is 49.0 Å². The highest BCUT2D eigenvalue weighted by molar-refractivity contribution is 5.80. The van der Waals surface area contributed by atoms with E-state index in [1.54, 1.807) is 12.3 Å². The third-order valence-corrected chi connectivity index (χ3v) is 5.65. The number of halogens is 3. The second-order valence-corrected chi connectivity index (χ2v) is 8.06. The van der Waals surface area contributed by atoms with E-state index in [0.717, 1.165) is 47.4 Å². The highest BCUT2D eigenvalue weighted by Crippen LogP contribution is 2.40. The molecule has 0 aliphatic carbocycles. The Hall–Kier alpha value is -3.48. The molecule has 1 aliphatic heterocycles. The van der Waals surface area contributed by atoms with Crippen molar-refractivity contribution >= 4 is 17.1 Å². The number of hydrogen-bond acceptors (Lipinski definition) is 4. The molecule has 3 N–H and O–H groups in total. The molecule has 0 spiro atoms. The van der Waals surface area contributed by atoms with Crippen molar-refractivity contribution in [2.75, 3.05) is 17.2 Å². The summed E-state index contributed by atoms with van der Waals surface area (Å²) >= 11 is 0. The summed E-state index contributed by atoms with van der Waals surface area (Å²) in [4.78, 5) is 4.56. The Morgan fingerprint density at radius 3 is 2.58 bits per heavy atom. The molecule has 0 saturated heterocycles. The van der Waals surface area contributed by atoms with Crippen LogP contribution in [0.2, 0.25) is 0 Å². The number of fused-ring (bicyclic) bond motifs is 1. The average molecular weight is 453 g/mol. The Labute approximate surface area is 192 Å². The first kappa shape index (κ1) is 22.7. The van der Waals surface area contributed by atoms with E-state index < -0.39 is 17.8 Å². The summed E-state index contributed by atoms with van der Waals surface area (Å²) in [5.74, 6) is 0. The van der Waals surface area contributed by atoms with Gasteiger partial charge in [-0.15, -0.1) is 0 Å². The number of benzene rings is 2. The van der Waals surface area contributed by atoms with Crippen molar-refractivity contribution in [3.63, 3.8) is 0 Å². The Bertz CT molecular complexity index is 1140. The van der Waals surface area contributed by atoms with Crippen LogP contribution in [0.5, 0.6) is 0 Å². The van der Waals surface area contributed by atoms with Crippen LogP contribution in [0.15, 0.2) is 72.9 Å². The lowest BCUT2D eigenvalue weighted by Crippen LogP contribution is -2.25. The van der Waals surface area contributed by atoms with Crippen molar-refractivity contribution in [3.05, 3.63) is 95.3 Å². The standard InChI is InChI=1S/C26H27F3N4/c1-3-14-30-22-13-8-15-31-25(22)17(2)32-24-16-23(33-21-12-7-5-10-19(21)24)18-9-4-6-11-20(18)26(27,28)29/h4-13,15-17,23,30,32-33H,3,14H2,1-2H3. The van der Waals surface area contributed by atoms with Gasteiger partial charge in [-0.2, -0.15) is 13.2 Å². The number of rotatable bonds is 7.